The van der Waals surface area contributed by atoms with Crippen LogP contribution in [-0.4, -0.2) is 11.7 Å². The Balaban J connectivity index is 1.64. The van der Waals surface area contributed by atoms with Crippen molar-refractivity contribution in [1.29, 1.82) is 0 Å². The third-order valence-electron chi connectivity index (χ3n) is 4.06. The van der Waals surface area contributed by atoms with Crippen molar-refractivity contribution in [3.8, 4) is 17.2 Å². The third kappa shape index (κ3) is 5.50. The van der Waals surface area contributed by atoms with E-state index >= 15 is 0 Å². The summed E-state index contributed by atoms with van der Waals surface area (Å²) in [6.45, 7) is 3.47. The summed E-state index contributed by atoms with van der Waals surface area (Å²) >= 11 is 0. The summed E-state index contributed by atoms with van der Waals surface area (Å²) < 4.78 is 17.5. The molecule has 0 aliphatic rings. The second-order valence-corrected chi connectivity index (χ2v) is 6.08. The van der Waals surface area contributed by atoms with Crippen LogP contribution in [0.2, 0.25) is 0 Å². The van der Waals surface area contributed by atoms with Gasteiger partial charge in [-0.1, -0.05) is 48.5 Å². The minimum atomic E-state index is 0.0302. The predicted octanol–water partition coefficient (Wildman–Crippen LogP) is 4.74. The third-order valence-corrected chi connectivity index (χ3v) is 4.06. The van der Waals surface area contributed by atoms with E-state index in [0.29, 0.717) is 25.6 Å². The van der Waals surface area contributed by atoms with Gasteiger partial charge in [-0.05, 0) is 47.9 Å². The molecule has 0 saturated heterocycles. The highest BCUT2D eigenvalue weighted by atomic mass is 16.5. The highest BCUT2D eigenvalue weighted by Crippen LogP contribution is 2.30. The Kier molecular flexibility index (Phi) is 6.72. The lowest BCUT2D eigenvalue weighted by Crippen LogP contribution is -2.02. The number of aliphatic hydroxyl groups excluding tert-OH is 1. The van der Waals surface area contributed by atoms with Gasteiger partial charge in [-0.25, -0.2) is 0 Å². The first-order valence-corrected chi connectivity index (χ1v) is 9.03. The molecule has 0 atom stereocenters. The van der Waals surface area contributed by atoms with Crippen LogP contribution in [0.3, 0.4) is 0 Å². The predicted molar refractivity (Wildman–Crippen MR) is 105 cm³/mol. The van der Waals surface area contributed by atoms with Crippen LogP contribution in [0.25, 0.3) is 0 Å². The standard InChI is InChI=1S/C23H24O4/c1-2-25-23-14-20(17-26-21-11-8-18(15-24)9-12-21)10-13-22(23)27-16-19-6-4-3-5-7-19/h3-14,24H,2,15-17H2,1H3. The van der Waals surface area contributed by atoms with Crippen LogP contribution in [0, 0.1) is 0 Å². The second-order valence-electron chi connectivity index (χ2n) is 6.08. The minimum absolute atomic E-state index is 0.0302. The van der Waals surface area contributed by atoms with E-state index in [1.165, 1.54) is 0 Å². The molecule has 0 aliphatic heterocycles. The maximum atomic E-state index is 9.09. The minimum Gasteiger partial charge on any atom is -0.490 e. The van der Waals surface area contributed by atoms with E-state index in [4.69, 9.17) is 19.3 Å². The van der Waals surface area contributed by atoms with Crippen LogP contribution in [0.4, 0.5) is 0 Å². The number of aliphatic hydroxyl groups is 1. The van der Waals surface area contributed by atoms with Gasteiger partial charge in [0.15, 0.2) is 11.5 Å². The molecule has 0 unspecified atom stereocenters. The maximum absolute atomic E-state index is 9.09. The molecule has 0 fully saturated rings. The molecule has 0 aliphatic carbocycles. The summed E-state index contributed by atoms with van der Waals surface area (Å²) in [6, 6.07) is 23.3. The molecular weight excluding hydrogens is 340 g/mol. The first-order valence-electron chi connectivity index (χ1n) is 9.03. The average molecular weight is 364 g/mol. The van der Waals surface area contributed by atoms with Gasteiger partial charge in [0.2, 0.25) is 0 Å². The van der Waals surface area contributed by atoms with E-state index in [1.54, 1.807) is 0 Å². The summed E-state index contributed by atoms with van der Waals surface area (Å²) in [7, 11) is 0. The molecule has 27 heavy (non-hydrogen) atoms. The van der Waals surface area contributed by atoms with Crippen molar-refractivity contribution >= 4 is 0 Å². The maximum Gasteiger partial charge on any atom is 0.161 e. The fourth-order valence-corrected chi connectivity index (χ4v) is 2.62. The Hall–Kier alpha value is -2.98. The Morgan fingerprint density at radius 1 is 0.667 bits per heavy atom. The summed E-state index contributed by atoms with van der Waals surface area (Å²) in [4.78, 5) is 0. The normalized spacial score (nSPS) is 10.4. The summed E-state index contributed by atoms with van der Waals surface area (Å²) in [5, 5.41) is 9.09. The Bertz CT molecular complexity index is 829. The smallest absolute Gasteiger partial charge is 0.161 e. The molecule has 3 aromatic carbocycles. The fraction of sp³-hybridized carbons (Fsp3) is 0.217. The van der Waals surface area contributed by atoms with Crippen LogP contribution >= 0.6 is 0 Å². The van der Waals surface area contributed by atoms with Gasteiger partial charge in [0.05, 0.1) is 13.2 Å². The molecule has 4 nitrogen and oxygen atoms in total. The number of benzene rings is 3. The van der Waals surface area contributed by atoms with E-state index in [9.17, 15) is 0 Å². The molecule has 3 rings (SSSR count). The van der Waals surface area contributed by atoms with Crippen LogP contribution in [0.15, 0.2) is 72.8 Å². The highest BCUT2D eigenvalue weighted by Gasteiger charge is 2.08. The van der Waals surface area contributed by atoms with Crippen molar-refractivity contribution in [2.24, 2.45) is 0 Å². The molecule has 0 spiro atoms. The van der Waals surface area contributed by atoms with Gasteiger partial charge in [-0.2, -0.15) is 0 Å². The fourth-order valence-electron chi connectivity index (χ4n) is 2.62. The van der Waals surface area contributed by atoms with Gasteiger partial charge in [0.1, 0.15) is 19.0 Å². The van der Waals surface area contributed by atoms with Gasteiger partial charge >= 0.3 is 0 Å². The zero-order valence-corrected chi connectivity index (χ0v) is 15.4. The lowest BCUT2D eigenvalue weighted by Gasteiger charge is -2.14. The zero-order chi connectivity index (χ0) is 18.9. The van der Waals surface area contributed by atoms with E-state index < -0.39 is 0 Å². The van der Waals surface area contributed by atoms with E-state index in [2.05, 4.69) is 0 Å². The lowest BCUT2D eigenvalue weighted by atomic mass is 10.2. The number of ether oxygens (including phenoxy) is 3. The molecule has 0 bridgehead atoms. The second kappa shape index (κ2) is 9.64. The molecule has 3 aromatic rings. The van der Waals surface area contributed by atoms with Crippen molar-refractivity contribution < 1.29 is 19.3 Å². The van der Waals surface area contributed by atoms with Gasteiger partial charge in [-0.3, -0.25) is 0 Å². The topological polar surface area (TPSA) is 47.9 Å². The molecule has 0 aromatic heterocycles. The highest BCUT2D eigenvalue weighted by molar-refractivity contribution is 5.43. The summed E-state index contributed by atoms with van der Waals surface area (Å²) in [5.74, 6) is 2.19. The van der Waals surface area contributed by atoms with Gasteiger partial charge in [0, 0.05) is 0 Å². The molecule has 0 saturated carbocycles. The molecule has 0 radical (unpaired) electrons. The largest absolute Gasteiger partial charge is 0.490 e. The van der Waals surface area contributed by atoms with Crippen LogP contribution in [-0.2, 0) is 19.8 Å². The first kappa shape index (κ1) is 18.8. The van der Waals surface area contributed by atoms with E-state index in [1.807, 2.05) is 79.7 Å². The van der Waals surface area contributed by atoms with Crippen molar-refractivity contribution in [3.63, 3.8) is 0 Å². The van der Waals surface area contributed by atoms with Gasteiger partial charge in [0.25, 0.3) is 0 Å². The number of rotatable bonds is 9. The van der Waals surface area contributed by atoms with Crippen molar-refractivity contribution in [1.82, 2.24) is 0 Å². The van der Waals surface area contributed by atoms with Gasteiger partial charge < -0.3 is 19.3 Å². The molecule has 140 valence electrons. The first-order chi connectivity index (χ1) is 13.3. The Labute approximate surface area is 160 Å². The monoisotopic (exact) mass is 364 g/mol. The van der Waals surface area contributed by atoms with Crippen molar-refractivity contribution in [2.75, 3.05) is 6.61 Å². The van der Waals surface area contributed by atoms with Crippen LogP contribution in [0.1, 0.15) is 23.6 Å². The van der Waals surface area contributed by atoms with E-state index in [0.717, 1.165) is 28.2 Å². The van der Waals surface area contributed by atoms with Crippen LogP contribution < -0.4 is 14.2 Å². The molecule has 1 N–H and O–H groups in total. The summed E-state index contributed by atoms with van der Waals surface area (Å²) in [6.07, 6.45) is 0. The number of hydrogen-bond acceptors (Lipinski definition) is 4. The van der Waals surface area contributed by atoms with Crippen LogP contribution in [0.5, 0.6) is 17.2 Å². The molecule has 4 heteroatoms. The van der Waals surface area contributed by atoms with Crippen molar-refractivity contribution in [3.05, 3.63) is 89.5 Å². The Morgan fingerprint density at radius 3 is 2.07 bits per heavy atom. The molecular formula is C23H24O4. The molecule has 0 amide bonds. The molecule has 0 heterocycles. The Morgan fingerprint density at radius 2 is 1.37 bits per heavy atom. The van der Waals surface area contributed by atoms with Crippen molar-refractivity contribution in [2.45, 2.75) is 26.7 Å². The quantitative estimate of drug-likeness (QED) is 0.596. The number of hydrogen-bond donors (Lipinski definition) is 1. The summed E-state index contributed by atoms with van der Waals surface area (Å²) in [5.41, 5.74) is 2.97. The zero-order valence-electron chi connectivity index (χ0n) is 15.4. The van der Waals surface area contributed by atoms with E-state index in [-0.39, 0.29) is 6.61 Å². The lowest BCUT2D eigenvalue weighted by molar-refractivity contribution is 0.267. The average Bonchev–Trinajstić information content (AvgIpc) is 2.73. The SMILES string of the molecule is CCOc1cc(COc2ccc(CO)cc2)ccc1OCc1ccccc1. The van der Waals surface area contributed by atoms with Gasteiger partial charge in [-0.15, -0.1) is 0 Å².